The first-order valence-electron chi connectivity index (χ1n) is 26.8. The Kier molecular flexibility index (Phi) is 14.2. The highest BCUT2D eigenvalue weighted by Crippen LogP contribution is 2.34. The van der Waals surface area contributed by atoms with Crippen molar-refractivity contribution < 1.29 is 19.1 Å². The number of nitrogens with zero attached hydrogens (tertiary/aromatic N) is 10. The molecule has 3 amide bonds. The molecule has 75 heavy (non-hydrogen) atoms. The smallest absolute Gasteiger partial charge is 0.329 e. The van der Waals surface area contributed by atoms with Gasteiger partial charge in [0, 0.05) is 114 Å². The van der Waals surface area contributed by atoms with Crippen LogP contribution in [0.4, 0.5) is 5.82 Å². The molecule has 8 heterocycles. The van der Waals surface area contributed by atoms with E-state index in [1.165, 1.54) is 16.2 Å². The minimum atomic E-state index is -0.757. The molecular weight excluding hydrogens is 943 g/mol. The number of rotatable bonds is 13. The molecule has 11 rings (SSSR count). The van der Waals surface area contributed by atoms with Crippen LogP contribution in [0.2, 0.25) is 0 Å². The van der Waals surface area contributed by atoms with E-state index in [2.05, 4.69) is 73.5 Å². The molecule has 390 valence electrons. The molecule has 4 aliphatic rings. The standard InChI is InChI=1S/C59H69N11O5/c1-39-34-66(35-42-7-15-51-53(31-42)64(3)59(74)70(51)52-16-18-55(71)69(58(52)73)37-40-5-13-48(75-4)14-6-40)29-30-68(39)36-41-20-27-67(28-21-41)57(72)45-10-8-43(9-11-45)44-22-25-65(26-23-44)38-47-32-50-49(19-24-61-56(50)63(47)2)46-12-17-54(60)62-33-46/h5-15,17,19,24,31-33,39,41,44,52H,16,18,20-23,25-30,34-38H2,1-4H3,(H2,60,62)/t39-,52?/m1/s1. The quantitative estimate of drug-likeness (QED) is 0.116. The summed E-state index contributed by atoms with van der Waals surface area (Å²) in [6, 6.07) is 29.7. The number of fused-ring (bicyclic) bond motifs is 2. The monoisotopic (exact) mass is 1010 g/mol. The minimum absolute atomic E-state index is 0.137. The second-order valence-corrected chi connectivity index (χ2v) is 21.5. The highest BCUT2D eigenvalue weighted by Gasteiger charge is 2.38. The van der Waals surface area contributed by atoms with Crippen molar-refractivity contribution >= 4 is 45.6 Å². The molecule has 0 saturated carbocycles. The van der Waals surface area contributed by atoms with Crippen LogP contribution in [0.25, 0.3) is 33.2 Å². The molecule has 0 bridgehead atoms. The number of carbonyl (C=O) groups excluding carboxylic acids is 3. The predicted octanol–water partition coefficient (Wildman–Crippen LogP) is 7.21. The van der Waals surface area contributed by atoms with Crippen LogP contribution in [0.5, 0.6) is 5.75 Å². The number of imide groups is 1. The molecule has 7 aromatic rings. The summed E-state index contributed by atoms with van der Waals surface area (Å²) < 4.78 is 10.7. The fourth-order valence-corrected chi connectivity index (χ4v) is 12.3. The number of carbonyl (C=O) groups is 3. The SMILES string of the molecule is COc1ccc(CN2C(=O)CCC(n3c(=O)n(C)c4cc(CN5CCN(CC6CCN(C(=O)c7ccc(C8CCN(Cc9cc%10c(-c%11ccc(N)nc%11)ccnc%10n9C)CC8)cc7)CC6)[C@H](C)C5)ccc43)C2=O)cc1. The van der Waals surface area contributed by atoms with Gasteiger partial charge in [0.2, 0.25) is 5.91 Å². The van der Waals surface area contributed by atoms with Gasteiger partial charge in [-0.25, -0.2) is 14.8 Å². The van der Waals surface area contributed by atoms with Crippen LogP contribution in [-0.4, -0.2) is 131 Å². The maximum Gasteiger partial charge on any atom is 0.329 e. The average molecular weight is 1010 g/mol. The molecule has 1 unspecified atom stereocenters. The Morgan fingerprint density at radius 1 is 0.733 bits per heavy atom. The number of hydrogen-bond acceptors (Lipinski definition) is 11. The van der Waals surface area contributed by atoms with Crippen molar-refractivity contribution in [2.75, 3.05) is 65.2 Å². The number of methoxy groups -OCH3 is 1. The third kappa shape index (κ3) is 10.2. The molecule has 3 aromatic carbocycles. The number of likely N-dealkylation sites (tertiary alicyclic amines) is 3. The van der Waals surface area contributed by atoms with Crippen LogP contribution < -0.4 is 16.2 Å². The second-order valence-electron chi connectivity index (χ2n) is 21.5. The number of anilines is 1. The third-order valence-electron chi connectivity index (χ3n) is 16.8. The Morgan fingerprint density at radius 2 is 1.49 bits per heavy atom. The van der Waals surface area contributed by atoms with E-state index in [-0.39, 0.29) is 42.8 Å². The lowest BCUT2D eigenvalue weighted by Gasteiger charge is -2.42. The Hall–Kier alpha value is -7.14. The number of benzene rings is 3. The van der Waals surface area contributed by atoms with E-state index in [4.69, 9.17) is 15.5 Å². The Labute approximate surface area is 438 Å². The highest BCUT2D eigenvalue weighted by atomic mass is 16.5. The van der Waals surface area contributed by atoms with Gasteiger partial charge in [-0.1, -0.05) is 30.3 Å². The number of aryl methyl sites for hydroxylation is 2. The number of amides is 3. The Morgan fingerprint density at radius 3 is 2.21 bits per heavy atom. The van der Waals surface area contributed by atoms with Gasteiger partial charge < -0.3 is 19.9 Å². The first kappa shape index (κ1) is 50.0. The van der Waals surface area contributed by atoms with Crippen molar-refractivity contribution in [3.8, 4) is 16.9 Å². The molecule has 0 aliphatic carbocycles. The normalized spacial score (nSPS) is 19.9. The van der Waals surface area contributed by atoms with Gasteiger partial charge in [-0.3, -0.25) is 43.1 Å². The van der Waals surface area contributed by atoms with E-state index in [0.29, 0.717) is 35.0 Å². The maximum atomic E-state index is 13.9. The van der Waals surface area contributed by atoms with Gasteiger partial charge >= 0.3 is 5.69 Å². The average Bonchev–Trinajstić information content (AvgIpc) is 3.90. The molecule has 4 aromatic heterocycles. The van der Waals surface area contributed by atoms with Crippen LogP contribution in [0, 0.1) is 5.92 Å². The van der Waals surface area contributed by atoms with E-state index in [0.717, 1.165) is 135 Å². The Bertz CT molecular complexity index is 3270. The molecule has 4 fully saturated rings. The number of piperazine rings is 1. The molecule has 0 radical (unpaired) electrons. The number of nitrogen functional groups attached to an aromatic ring is 1. The minimum Gasteiger partial charge on any atom is -0.497 e. The number of nitrogens with two attached hydrogens (primary N) is 1. The van der Waals surface area contributed by atoms with Crippen molar-refractivity contribution in [2.45, 2.75) is 83.1 Å². The largest absolute Gasteiger partial charge is 0.497 e. The zero-order valence-corrected chi connectivity index (χ0v) is 43.7. The summed E-state index contributed by atoms with van der Waals surface area (Å²) in [5.41, 5.74) is 15.5. The first-order valence-corrected chi connectivity index (χ1v) is 26.8. The van der Waals surface area contributed by atoms with Gasteiger partial charge in [-0.15, -0.1) is 0 Å². The van der Waals surface area contributed by atoms with E-state index >= 15 is 0 Å². The molecule has 16 nitrogen and oxygen atoms in total. The molecule has 4 aliphatic heterocycles. The second kappa shape index (κ2) is 21.2. The number of ether oxygens (including phenoxy) is 1. The lowest BCUT2D eigenvalue weighted by Crippen LogP contribution is -2.53. The topological polar surface area (TPSA) is 160 Å². The van der Waals surface area contributed by atoms with Crippen LogP contribution in [0.15, 0.2) is 108 Å². The van der Waals surface area contributed by atoms with Gasteiger partial charge in [0.05, 0.1) is 24.7 Å². The van der Waals surface area contributed by atoms with Crippen LogP contribution in [-0.2, 0) is 43.3 Å². The molecule has 2 N–H and O–H groups in total. The van der Waals surface area contributed by atoms with E-state index in [9.17, 15) is 19.2 Å². The fourth-order valence-electron chi connectivity index (χ4n) is 12.3. The summed E-state index contributed by atoms with van der Waals surface area (Å²) in [6.45, 7) is 11.6. The van der Waals surface area contributed by atoms with Crippen molar-refractivity contribution in [1.82, 2.24) is 48.2 Å². The lowest BCUT2D eigenvalue weighted by molar-refractivity contribution is -0.151. The van der Waals surface area contributed by atoms with Gasteiger partial charge in [0.1, 0.15) is 23.3 Å². The molecular formula is C59H69N11O5. The first-order chi connectivity index (χ1) is 36.4. The molecule has 0 spiro atoms. The predicted molar refractivity (Wildman–Crippen MR) is 291 cm³/mol. The van der Waals surface area contributed by atoms with E-state index < -0.39 is 6.04 Å². The van der Waals surface area contributed by atoms with E-state index in [1.807, 2.05) is 73.1 Å². The zero-order valence-electron chi connectivity index (χ0n) is 43.7. The van der Waals surface area contributed by atoms with Gasteiger partial charge in [-0.05, 0) is 147 Å². The number of piperidine rings is 3. The van der Waals surface area contributed by atoms with Crippen molar-refractivity contribution in [2.24, 2.45) is 20.0 Å². The van der Waals surface area contributed by atoms with Gasteiger partial charge in [0.15, 0.2) is 0 Å². The van der Waals surface area contributed by atoms with E-state index in [1.54, 1.807) is 23.3 Å². The zero-order chi connectivity index (χ0) is 51.9. The fraction of sp³-hybridized carbons (Fsp3) is 0.424. The van der Waals surface area contributed by atoms with Gasteiger partial charge in [0.25, 0.3) is 11.8 Å². The third-order valence-corrected chi connectivity index (χ3v) is 16.8. The number of hydrogen-bond donors (Lipinski definition) is 1. The summed E-state index contributed by atoms with van der Waals surface area (Å²) in [5, 5.41) is 1.12. The molecule has 4 saturated heterocycles. The summed E-state index contributed by atoms with van der Waals surface area (Å²) in [7, 11) is 5.46. The van der Waals surface area contributed by atoms with Crippen LogP contribution >= 0.6 is 0 Å². The van der Waals surface area contributed by atoms with Crippen molar-refractivity contribution in [1.29, 1.82) is 0 Å². The highest BCUT2D eigenvalue weighted by molar-refractivity contribution is 6.00. The molecule has 2 atom stereocenters. The Balaban J connectivity index is 0.632. The summed E-state index contributed by atoms with van der Waals surface area (Å²) >= 11 is 0. The maximum absolute atomic E-state index is 13.9. The summed E-state index contributed by atoms with van der Waals surface area (Å²) in [5.74, 6) is 1.79. The van der Waals surface area contributed by atoms with Crippen LogP contribution in [0.3, 0.4) is 0 Å². The summed E-state index contributed by atoms with van der Waals surface area (Å²) in [4.78, 5) is 74.5. The molecule has 16 heteroatoms. The number of aromatic nitrogens is 5. The summed E-state index contributed by atoms with van der Waals surface area (Å²) in [6.07, 6.45) is 8.35. The van der Waals surface area contributed by atoms with Crippen molar-refractivity contribution in [3.63, 3.8) is 0 Å². The number of imidazole rings is 1. The van der Waals surface area contributed by atoms with Crippen molar-refractivity contribution in [3.05, 3.63) is 142 Å². The van der Waals surface area contributed by atoms with Gasteiger partial charge in [-0.2, -0.15) is 0 Å². The lowest BCUT2D eigenvalue weighted by atomic mass is 9.88. The van der Waals surface area contributed by atoms with Crippen LogP contribution in [0.1, 0.15) is 90.2 Å². The number of pyridine rings is 2.